The maximum atomic E-state index is 11.5. The molecule has 1 atom stereocenters. The molecule has 22 heavy (non-hydrogen) atoms. The van der Waals surface area contributed by atoms with Gasteiger partial charge in [0.2, 0.25) is 0 Å². The highest BCUT2D eigenvalue weighted by Crippen LogP contribution is 2.71. The third kappa shape index (κ3) is 6.58. The SMILES string of the molecule is CCCCCCC(CCCC)C(O)(P(=O)(O)O)P(=O)(O)O.Cl. The molecule has 7 nitrogen and oxygen atoms in total. The standard InChI is InChI=1S/C12H28O7P2.ClH/c1-3-5-7-8-10-11(9-6-4-2)12(13,20(14,15)16)21(17,18)19;/h11,13H,3-10H2,1-2H3,(H2,14,15,16)(H2,17,18,19);1H. The number of aliphatic hydroxyl groups is 1. The van der Waals surface area contributed by atoms with Crippen molar-refractivity contribution in [2.75, 3.05) is 0 Å². The molecule has 0 rings (SSSR count). The minimum Gasteiger partial charge on any atom is -0.367 e. The predicted octanol–water partition coefficient (Wildman–Crippen LogP) is 3.19. The summed E-state index contributed by atoms with van der Waals surface area (Å²) in [6.07, 6.45) is 4.90. The molecule has 5 N–H and O–H groups in total. The highest BCUT2D eigenvalue weighted by atomic mass is 35.5. The first kappa shape index (κ1) is 24.8. The molecule has 0 saturated carbocycles. The van der Waals surface area contributed by atoms with Crippen LogP contribution in [0.25, 0.3) is 0 Å². The van der Waals surface area contributed by atoms with Gasteiger partial charge in [0, 0.05) is 5.92 Å². The van der Waals surface area contributed by atoms with Gasteiger partial charge in [-0.3, -0.25) is 9.13 Å². The summed E-state index contributed by atoms with van der Waals surface area (Å²) < 4.78 is 23.1. The van der Waals surface area contributed by atoms with Crippen molar-refractivity contribution >= 4 is 27.6 Å². The first-order valence-corrected chi connectivity index (χ1v) is 10.6. The van der Waals surface area contributed by atoms with Crippen molar-refractivity contribution in [3.8, 4) is 0 Å². The second-order valence-corrected chi connectivity index (χ2v) is 9.36. The molecule has 0 aliphatic rings. The number of hydrogen-bond donors (Lipinski definition) is 5. The molecule has 0 spiro atoms. The van der Waals surface area contributed by atoms with Gasteiger partial charge in [-0.1, -0.05) is 52.4 Å². The lowest BCUT2D eigenvalue weighted by molar-refractivity contribution is 0.0678. The minimum atomic E-state index is -5.37. The molecule has 0 amide bonds. The van der Waals surface area contributed by atoms with Crippen LogP contribution < -0.4 is 0 Å². The van der Waals surface area contributed by atoms with Gasteiger partial charge in [-0.15, -0.1) is 12.4 Å². The van der Waals surface area contributed by atoms with Crippen molar-refractivity contribution in [3.63, 3.8) is 0 Å². The van der Waals surface area contributed by atoms with Crippen LogP contribution in [0.15, 0.2) is 0 Å². The van der Waals surface area contributed by atoms with Crippen LogP contribution in [0, 0.1) is 5.92 Å². The fraction of sp³-hybridized carbons (Fsp3) is 1.00. The summed E-state index contributed by atoms with van der Waals surface area (Å²) in [5.74, 6) is -1.11. The van der Waals surface area contributed by atoms with Crippen LogP contribution >= 0.6 is 27.6 Å². The van der Waals surface area contributed by atoms with Crippen LogP contribution in [-0.4, -0.2) is 29.8 Å². The van der Waals surface area contributed by atoms with Crippen LogP contribution in [0.5, 0.6) is 0 Å². The monoisotopic (exact) mass is 382 g/mol. The summed E-state index contributed by atoms with van der Waals surface area (Å²) in [7, 11) is -10.7. The Kier molecular flexibility index (Phi) is 11.7. The average Bonchev–Trinajstić information content (AvgIpc) is 2.34. The van der Waals surface area contributed by atoms with Gasteiger partial charge in [-0.2, -0.15) is 0 Å². The first-order chi connectivity index (χ1) is 9.52. The Bertz CT molecular complexity index is 371. The molecular weight excluding hydrogens is 354 g/mol. The van der Waals surface area contributed by atoms with Gasteiger partial charge < -0.3 is 24.7 Å². The van der Waals surface area contributed by atoms with E-state index in [0.29, 0.717) is 19.3 Å². The van der Waals surface area contributed by atoms with E-state index >= 15 is 0 Å². The summed E-state index contributed by atoms with van der Waals surface area (Å²) in [6, 6.07) is 0. The lowest BCUT2D eigenvalue weighted by Gasteiger charge is -2.36. The Morgan fingerprint density at radius 3 is 1.59 bits per heavy atom. The largest absolute Gasteiger partial charge is 0.369 e. The minimum absolute atomic E-state index is 0. The highest BCUT2D eigenvalue weighted by molar-refractivity contribution is 7.72. The van der Waals surface area contributed by atoms with E-state index in [2.05, 4.69) is 0 Å². The number of unbranched alkanes of at least 4 members (excludes halogenated alkanes) is 4. The predicted molar refractivity (Wildman–Crippen MR) is 88.1 cm³/mol. The first-order valence-electron chi connectivity index (χ1n) is 7.36. The van der Waals surface area contributed by atoms with Crippen LogP contribution in [0.2, 0.25) is 0 Å². The number of halogens is 1. The quantitative estimate of drug-likeness (QED) is 0.273. The number of rotatable bonds is 11. The summed E-state index contributed by atoms with van der Waals surface area (Å²) in [6.45, 7) is 3.87. The highest BCUT2D eigenvalue weighted by Gasteiger charge is 2.63. The molecule has 0 aliphatic carbocycles. The van der Waals surface area contributed by atoms with E-state index in [4.69, 9.17) is 0 Å². The Morgan fingerprint density at radius 2 is 1.23 bits per heavy atom. The fourth-order valence-corrected chi connectivity index (χ4v) is 5.27. The van der Waals surface area contributed by atoms with Crippen molar-refractivity contribution in [1.29, 1.82) is 0 Å². The zero-order chi connectivity index (χ0) is 16.7. The van der Waals surface area contributed by atoms with Crippen molar-refractivity contribution in [1.82, 2.24) is 0 Å². The van der Waals surface area contributed by atoms with Crippen LogP contribution in [0.4, 0.5) is 0 Å². The van der Waals surface area contributed by atoms with E-state index in [-0.39, 0.29) is 25.2 Å². The Labute approximate surface area is 138 Å². The maximum Gasteiger partial charge on any atom is 0.369 e. The summed E-state index contributed by atoms with van der Waals surface area (Å²) in [5.41, 5.74) is 0. The van der Waals surface area contributed by atoms with Gasteiger partial charge >= 0.3 is 15.2 Å². The third-order valence-corrected chi connectivity index (χ3v) is 7.73. The Morgan fingerprint density at radius 1 is 0.818 bits per heavy atom. The van der Waals surface area contributed by atoms with Crippen molar-refractivity contribution < 1.29 is 33.8 Å². The van der Waals surface area contributed by atoms with Gasteiger partial charge in [-0.05, 0) is 12.8 Å². The molecule has 0 aromatic rings. The van der Waals surface area contributed by atoms with E-state index in [9.17, 15) is 33.8 Å². The lowest BCUT2D eigenvalue weighted by Crippen LogP contribution is -2.37. The lowest BCUT2D eigenvalue weighted by atomic mass is 9.95. The molecule has 0 heterocycles. The normalized spacial score (nSPS) is 14.5. The van der Waals surface area contributed by atoms with E-state index in [1.54, 1.807) is 0 Å². The number of hydrogen-bond acceptors (Lipinski definition) is 3. The third-order valence-electron chi connectivity index (χ3n) is 3.72. The molecule has 136 valence electrons. The second kappa shape index (κ2) is 10.4. The molecule has 0 saturated heterocycles. The fourth-order valence-electron chi connectivity index (χ4n) is 2.45. The average molecular weight is 383 g/mol. The molecular formula is C12H29ClO7P2. The van der Waals surface area contributed by atoms with Crippen LogP contribution in [-0.2, 0) is 9.13 Å². The summed E-state index contributed by atoms with van der Waals surface area (Å²) in [5, 5.41) is 6.92. The zero-order valence-electron chi connectivity index (χ0n) is 13.1. The van der Waals surface area contributed by atoms with Crippen LogP contribution in [0.1, 0.15) is 65.2 Å². The van der Waals surface area contributed by atoms with E-state index in [1.807, 2.05) is 13.8 Å². The second-order valence-electron chi connectivity index (χ2n) is 5.46. The van der Waals surface area contributed by atoms with Gasteiger partial charge in [0.15, 0.2) is 0 Å². The van der Waals surface area contributed by atoms with Gasteiger partial charge in [0.05, 0.1) is 0 Å². The molecule has 1 unspecified atom stereocenters. The zero-order valence-corrected chi connectivity index (χ0v) is 15.7. The molecule has 10 heteroatoms. The molecule has 0 fully saturated rings. The topological polar surface area (TPSA) is 135 Å². The summed E-state index contributed by atoms with van der Waals surface area (Å²) >= 11 is 0. The summed E-state index contributed by atoms with van der Waals surface area (Å²) in [4.78, 5) is 37.3. The van der Waals surface area contributed by atoms with Gasteiger partial charge in [-0.25, -0.2) is 0 Å². The Balaban J connectivity index is 0. The molecule has 0 bridgehead atoms. The molecule has 0 radical (unpaired) electrons. The van der Waals surface area contributed by atoms with Crippen molar-refractivity contribution in [2.24, 2.45) is 5.92 Å². The van der Waals surface area contributed by atoms with Gasteiger partial charge in [0.25, 0.3) is 5.08 Å². The van der Waals surface area contributed by atoms with E-state index in [1.165, 1.54) is 0 Å². The Hall–Kier alpha value is 0.550. The molecule has 0 aromatic heterocycles. The van der Waals surface area contributed by atoms with E-state index < -0.39 is 26.2 Å². The van der Waals surface area contributed by atoms with Crippen LogP contribution in [0.3, 0.4) is 0 Å². The van der Waals surface area contributed by atoms with Gasteiger partial charge in [0.1, 0.15) is 0 Å². The van der Waals surface area contributed by atoms with Crippen molar-refractivity contribution in [2.45, 2.75) is 70.3 Å². The van der Waals surface area contributed by atoms with E-state index in [0.717, 1.165) is 19.3 Å². The maximum absolute atomic E-state index is 11.5. The molecule has 0 aromatic carbocycles. The molecule has 0 aliphatic heterocycles. The van der Waals surface area contributed by atoms with Crippen molar-refractivity contribution in [3.05, 3.63) is 0 Å². The smallest absolute Gasteiger partial charge is 0.367 e.